The zero-order valence-corrected chi connectivity index (χ0v) is 10.1. The number of rotatable bonds is 5. The molecule has 0 aliphatic heterocycles. The van der Waals surface area contributed by atoms with Gasteiger partial charge in [0.15, 0.2) is 0 Å². The molecule has 1 saturated carbocycles. The highest BCUT2D eigenvalue weighted by molar-refractivity contribution is 6.29. The molecule has 1 fully saturated rings. The molecular weight excluding hydrogens is 210 g/mol. The van der Waals surface area contributed by atoms with Gasteiger partial charge in [-0.3, -0.25) is 0 Å². The van der Waals surface area contributed by atoms with Gasteiger partial charge in [-0.15, -0.1) is 0 Å². The van der Waals surface area contributed by atoms with Crippen molar-refractivity contribution in [1.82, 2.24) is 14.9 Å². The second-order valence-electron chi connectivity index (χ2n) is 4.51. The minimum Gasteiger partial charge on any atom is -0.321 e. The van der Waals surface area contributed by atoms with Gasteiger partial charge >= 0.3 is 0 Å². The number of imidazole rings is 1. The van der Waals surface area contributed by atoms with Crippen molar-refractivity contribution in [2.45, 2.75) is 32.7 Å². The summed E-state index contributed by atoms with van der Waals surface area (Å²) in [5.41, 5.74) is 0.592. The molecule has 4 heteroatoms. The van der Waals surface area contributed by atoms with Crippen LogP contribution in [0.25, 0.3) is 0 Å². The SMILES string of the molecule is CCC1(CNCc2ncc(Cl)n2C)CC1. The fraction of sp³-hybridized carbons (Fsp3) is 0.727. The van der Waals surface area contributed by atoms with Gasteiger partial charge < -0.3 is 9.88 Å². The molecule has 0 aromatic carbocycles. The standard InChI is InChI=1S/C11H18ClN3/c1-3-11(4-5-11)8-13-7-10-14-6-9(12)15(10)2/h6,13H,3-5,7-8H2,1-2H3. The fourth-order valence-electron chi connectivity index (χ4n) is 1.86. The summed E-state index contributed by atoms with van der Waals surface area (Å²) in [5.74, 6) is 1.01. The van der Waals surface area contributed by atoms with Gasteiger partial charge in [-0.25, -0.2) is 4.98 Å². The van der Waals surface area contributed by atoms with Crippen LogP contribution in [-0.2, 0) is 13.6 Å². The fourth-order valence-corrected chi connectivity index (χ4v) is 2.01. The molecule has 1 aromatic rings. The first-order valence-electron chi connectivity index (χ1n) is 5.54. The minimum absolute atomic E-state index is 0.592. The first kappa shape index (κ1) is 11.0. The maximum absolute atomic E-state index is 5.91. The summed E-state index contributed by atoms with van der Waals surface area (Å²) in [6, 6.07) is 0. The number of hydrogen-bond donors (Lipinski definition) is 1. The smallest absolute Gasteiger partial charge is 0.128 e. The van der Waals surface area contributed by atoms with Crippen LogP contribution in [0, 0.1) is 5.41 Å². The van der Waals surface area contributed by atoms with Crippen LogP contribution in [0.15, 0.2) is 6.20 Å². The van der Waals surface area contributed by atoms with Crippen LogP contribution in [-0.4, -0.2) is 16.1 Å². The molecule has 0 saturated heterocycles. The topological polar surface area (TPSA) is 29.9 Å². The van der Waals surface area contributed by atoms with E-state index >= 15 is 0 Å². The lowest BCUT2D eigenvalue weighted by atomic mass is 10.0. The van der Waals surface area contributed by atoms with E-state index in [1.165, 1.54) is 19.3 Å². The molecule has 1 heterocycles. The first-order valence-corrected chi connectivity index (χ1v) is 5.91. The van der Waals surface area contributed by atoms with Crippen molar-refractivity contribution in [3.05, 3.63) is 17.2 Å². The molecule has 3 nitrogen and oxygen atoms in total. The van der Waals surface area contributed by atoms with Crippen LogP contribution >= 0.6 is 11.6 Å². The Hall–Kier alpha value is -0.540. The molecule has 2 rings (SSSR count). The van der Waals surface area contributed by atoms with Gasteiger partial charge in [0, 0.05) is 13.6 Å². The molecule has 0 radical (unpaired) electrons. The van der Waals surface area contributed by atoms with Crippen LogP contribution in [0.5, 0.6) is 0 Å². The summed E-state index contributed by atoms with van der Waals surface area (Å²) in [7, 11) is 1.94. The van der Waals surface area contributed by atoms with Gasteiger partial charge in [-0.1, -0.05) is 18.5 Å². The average molecular weight is 228 g/mol. The minimum atomic E-state index is 0.592. The highest BCUT2D eigenvalue weighted by Crippen LogP contribution is 2.47. The number of aromatic nitrogens is 2. The van der Waals surface area contributed by atoms with Crippen molar-refractivity contribution in [2.24, 2.45) is 12.5 Å². The predicted octanol–water partition coefficient (Wildman–Crippen LogP) is 2.35. The molecule has 1 N–H and O–H groups in total. The third kappa shape index (κ3) is 2.34. The normalized spacial score (nSPS) is 18.1. The predicted molar refractivity (Wildman–Crippen MR) is 61.9 cm³/mol. The monoisotopic (exact) mass is 227 g/mol. The van der Waals surface area contributed by atoms with E-state index in [1.54, 1.807) is 6.20 Å². The molecule has 1 aromatic heterocycles. The average Bonchev–Trinajstić information content (AvgIpc) is 2.96. The van der Waals surface area contributed by atoms with E-state index in [9.17, 15) is 0 Å². The summed E-state index contributed by atoms with van der Waals surface area (Å²) < 4.78 is 1.92. The molecule has 0 amide bonds. The Bertz CT molecular complexity index is 342. The lowest BCUT2D eigenvalue weighted by molar-refractivity contribution is 0.438. The molecule has 0 atom stereocenters. The summed E-state index contributed by atoms with van der Waals surface area (Å²) in [5, 5.41) is 4.17. The van der Waals surface area contributed by atoms with Gasteiger partial charge in [-0.05, 0) is 24.7 Å². The third-order valence-electron chi connectivity index (χ3n) is 3.52. The van der Waals surface area contributed by atoms with E-state index in [-0.39, 0.29) is 0 Å². The Balaban J connectivity index is 1.81. The van der Waals surface area contributed by atoms with Crippen molar-refractivity contribution >= 4 is 11.6 Å². The van der Waals surface area contributed by atoms with Crippen molar-refractivity contribution < 1.29 is 0 Å². The van der Waals surface area contributed by atoms with Crippen LogP contribution in [0.3, 0.4) is 0 Å². The van der Waals surface area contributed by atoms with Crippen LogP contribution < -0.4 is 5.32 Å². The summed E-state index contributed by atoms with van der Waals surface area (Å²) in [6.07, 6.45) is 5.72. The number of nitrogens with one attached hydrogen (secondary N) is 1. The van der Waals surface area contributed by atoms with Gasteiger partial charge in [-0.2, -0.15) is 0 Å². The van der Waals surface area contributed by atoms with Gasteiger partial charge in [0.25, 0.3) is 0 Å². The molecule has 0 spiro atoms. The van der Waals surface area contributed by atoms with Gasteiger partial charge in [0.2, 0.25) is 0 Å². The first-order chi connectivity index (χ1) is 7.17. The van der Waals surface area contributed by atoms with E-state index < -0.39 is 0 Å². The molecular formula is C11H18ClN3. The molecule has 0 unspecified atom stereocenters. The van der Waals surface area contributed by atoms with Gasteiger partial charge in [0.1, 0.15) is 11.0 Å². The zero-order valence-electron chi connectivity index (χ0n) is 9.39. The Labute approximate surface area is 95.8 Å². The van der Waals surface area contributed by atoms with Crippen LogP contribution in [0.1, 0.15) is 32.0 Å². The van der Waals surface area contributed by atoms with E-state index in [4.69, 9.17) is 11.6 Å². The van der Waals surface area contributed by atoms with E-state index in [0.29, 0.717) is 10.6 Å². The Morgan fingerprint density at radius 3 is 2.80 bits per heavy atom. The number of hydrogen-bond acceptors (Lipinski definition) is 2. The molecule has 84 valence electrons. The van der Waals surface area contributed by atoms with Crippen molar-refractivity contribution in [2.75, 3.05) is 6.54 Å². The molecule has 15 heavy (non-hydrogen) atoms. The zero-order chi connectivity index (χ0) is 10.9. The summed E-state index contributed by atoms with van der Waals surface area (Å²) in [6.45, 7) is 4.19. The maximum Gasteiger partial charge on any atom is 0.128 e. The summed E-state index contributed by atoms with van der Waals surface area (Å²) in [4.78, 5) is 4.25. The largest absolute Gasteiger partial charge is 0.321 e. The van der Waals surface area contributed by atoms with E-state index in [0.717, 1.165) is 18.9 Å². The van der Waals surface area contributed by atoms with Crippen molar-refractivity contribution in [3.63, 3.8) is 0 Å². The summed E-state index contributed by atoms with van der Waals surface area (Å²) >= 11 is 5.91. The lowest BCUT2D eigenvalue weighted by Gasteiger charge is -2.13. The van der Waals surface area contributed by atoms with E-state index in [1.807, 2.05) is 11.6 Å². The van der Waals surface area contributed by atoms with Gasteiger partial charge in [0.05, 0.1) is 12.7 Å². The Kier molecular flexibility index (Phi) is 3.03. The van der Waals surface area contributed by atoms with Crippen molar-refractivity contribution in [3.8, 4) is 0 Å². The lowest BCUT2D eigenvalue weighted by Crippen LogP contribution is -2.24. The van der Waals surface area contributed by atoms with Crippen LogP contribution in [0.2, 0.25) is 5.15 Å². The Morgan fingerprint density at radius 1 is 1.60 bits per heavy atom. The highest BCUT2D eigenvalue weighted by Gasteiger charge is 2.39. The molecule has 0 bridgehead atoms. The molecule has 1 aliphatic carbocycles. The third-order valence-corrected chi connectivity index (χ3v) is 3.87. The maximum atomic E-state index is 5.91. The van der Waals surface area contributed by atoms with E-state index in [2.05, 4.69) is 17.2 Å². The Morgan fingerprint density at radius 2 is 2.33 bits per heavy atom. The quantitative estimate of drug-likeness (QED) is 0.837. The van der Waals surface area contributed by atoms with Crippen molar-refractivity contribution in [1.29, 1.82) is 0 Å². The van der Waals surface area contributed by atoms with Crippen LogP contribution in [0.4, 0.5) is 0 Å². The molecule has 1 aliphatic rings. The second-order valence-corrected chi connectivity index (χ2v) is 4.90. The highest BCUT2D eigenvalue weighted by atomic mass is 35.5. The number of nitrogens with zero attached hydrogens (tertiary/aromatic N) is 2. The second kappa shape index (κ2) is 4.14. The number of halogens is 1.